The number of nitrogens with two attached hydrogens (primary N) is 1. The first-order valence-electron chi connectivity index (χ1n) is 6.51. The van der Waals surface area contributed by atoms with E-state index >= 15 is 0 Å². The van der Waals surface area contributed by atoms with Crippen molar-refractivity contribution in [3.05, 3.63) is 23.8 Å². The number of hydrogen-bond acceptors (Lipinski definition) is 5. The Kier molecular flexibility index (Phi) is 4.61. The number of aliphatic hydroxyl groups is 1. The van der Waals surface area contributed by atoms with Crippen LogP contribution in [0.4, 0.5) is 11.4 Å². The van der Waals surface area contributed by atoms with Crippen LogP contribution in [0.3, 0.4) is 0 Å². The topological polar surface area (TPSA) is 82.5 Å². The third-order valence-corrected chi connectivity index (χ3v) is 3.37. The van der Waals surface area contributed by atoms with Crippen molar-refractivity contribution in [3.63, 3.8) is 0 Å². The Hall–Kier alpha value is -1.77. The van der Waals surface area contributed by atoms with Gasteiger partial charge in [0.2, 0.25) is 0 Å². The van der Waals surface area contributed by atoms with Crippen molar-refractivity contribution in [2.45, 2.75) is 18.9 Å². The Morgan fingerprint density at radius 2 is 2.16 bits per heavy atom. The molecule has 1 saturated heterocycles. The molecule has 1 fully saturated rings. The third kappa shape index (κ3) is 3.37. The summed E-state index contributed by atoms with van der Waals surface area (Å²) in [6.07, 6.45) is 2.03. The minimum atomic E-state index is 0.0662. The smallest absolute Gasteiger partial charge is 0.101 e. The van der Waals surface area contributed by atoms with Crippen LogP contribution in [0.1, 0.15) is 18.4 Å². The van der Waals surface area contributed by atoms with Gasteiger partial charge in [0, 0.05) is 18.8 Å². The number of benzene rings is 1. The van der Waals surface area contributed by atoms with Gasteiger partial charge in [-0.3, -0.25) is 0 Å². The summed E-state index contributed by atoms with van der Waals surface area (Å²) in [5, 5.41) is 17.9. The first kappa shape index (κ1) is 13.7. The lowest BCUT2D eigenvalue weighted by Crippen LogP contribution is -2.37. The van der Waals surface area contributed by atoms with E-state index in [1.54, 1.807) is 6.07 Å². The number of ether oxygens (including phenoxy) is 1. The van der Waals surface area contributed by atoms with Gasteiger partial charge in [-0.1, -0.05) is 0 Å². The van der Waals surface area contributed by atoms with Crippen LogP contribution in [0.5, 0.6) is 0 Å². The largest absolute Gasteiger partial charge is 0.399 e. The fourth-order valence-corrected chi connectivity index (χ4v) is 2.40. The zero-order valence-electron chi connectivity index (χ0n) is 10.9. The van der Waals surface area contributed by atoms with Crippen LogP contribution in [0, 0.1) is 11.3 Å². The van der Waals surface area contributed by atoms with E-state index in [2.05, 4.69) is 11.0 Å². The Morgan fingerprint density at radius 1 is 1.42 bits per heavy atom. The van der Waals surface area contributed by atoms with Gasteiger partial charge in [-0.05, 0) is 31.0 Å². The molecule has 3 N–H and O–H groups in total. The van der Waals surface area contributed by atoms with Crippen molar-refractivity contribution in [2.24, 2.45) is 0 Å². The van der Waals surface area contributed by atoms with E-state index in [1.807, 2.05) is 12.1 Å². The Balaban J connectivity index is 2.00. The number of rotatable bonds is 4. The molecule has 0 unspecified atom stereocenters. The maximum absolute atomic E-state index is 9.16. The number of anilines is 2. The van der Waals surface area contributed by atoms with Gasteiger partial charge < -0.3 is 20.5 Å². The maximum Gasteiger partial charge on any atom is 0.101 e. The van der Waals surface area contributed by atoms with Crippen molar-refractivity contribution >= 4 is 11.4 Å². The predicted molar refractivity (Wildman–Crippen MR) is 73.8 cm³/mol. The number of hydrogen-bond donors (Lipinski definition) is 2. The summed E-state index contributed by atoms with van der Waals surface area (Å²) in [5.74, 6) is 0. The molecule has 0 atom stereocenters. The highest BCUT2D eigenvalue weighted by Gasteiger charge is 2.21. The second-order valence-electron chi connectivity index (χ2n) is 4.67. The van der Waals surface area contributed by atoms with Gasteiger partial charge in [-0.2, -0.15) is 5.26 Å². The maximum atomic E-state index is 9.16. The molecule has 5 heteroatoms. The van der Waals surface area contributed by atoms with Crippen molar-refractivity contribution in [1.29, 1.82) is 5.26 Å². The molecule has 1 heterocycles. The summed E-state index contributed by atoms with van der Waals surface area (Å²) < 4.78 is 5.53. The normalized spacial score (nSPS) is 16.3. The molecule has 1 aliphatic rings. The highest BCUT2D eigenvalue weighted by Crippen LogP contribution is 2.26. The van der Waals surface area contributed by atoms with Gasteiger partial charge in [0.1, 0.15) is 6.07 Å². The van der Waals surface area contributed by atoms with E-state index in [4.69, 9.17) is 20.8 Å². The molecule has 0 radical (unpaired) electrons. The highest BCUT2D eigenvalue weighted by molar-refractivity contribution is 5.64. The number of piperidine rings is 1. The minimum absolute atomic E-state index is 0.0662. The highest BCUT2D eigenvalue weighted by atomic mass is 16.5. The zero-order chi connectivity index (χ0) is 13.7. The number of nitriles is 1. The summed E-state index contributed by atoms with van der Waals surface area (Å²) in [7, 11) is 0. The monoisotopic (exact) mass is 261 g/mol. The van der Waals surface area contributed by atoms with Crippen LogP contribution in [0.25, 0.3) is 0 Å². The fourth-order valence-electron chi connectivity index (χ4n) is 2.40. The molecule has 1 aromatic carbocycles. The van der Waals surface area contributed by atoms with Crippen molar-refractivity contribution in [1.82, 2.24) is 0 Å². The molecule has 2 rings (SSSR count). The standard InChI is InChI=1S/C14H19N3O2/c15-10-11-9-12(16)1-2-14(11)17-5-3-13(4-6-17)19-8-7-18/h1-2,9,13,18H,3-8,16H2. The van der Waals surface area contributed by atoms with Crippen LogP contribution in [-0.4, -0.2) is 37.5 Å². The van der Waals surface area contributed by atoms with Crippen LogP contribution < -0.4 is 10.6 Å². The first-order valence-corrected chi connectivity index (χ1v) is 6.51. The lowest BCUT2D eigenvalue weighted by molar-refractivity contribution is 0.0159. The molecule has 0 aromatic heterocycles. The number of nitrogen functional groups attached to an aromatic ring is 1. The molecular weight excluding hydrogens is 242 g/mol. The lowest BCUT2D eigenvalue weighted by Gasteiger charge is -2.34. The molecule has 0 aliphatic carbocycles. The summed E-state index contributed by atoms with van der Waals surface area (Å²) in [6, 6.07) is 7.63. The number of nitrogens with zero attached hydrogens (tertiary/aromatic N) is 2. The summed E-state index contributed by atoms with van der Waals surface area (Å²) >= 11 is 0. The molecule has 0 spiro atoms. The molecular formula is C14H19N3O2. The molecule has 0 bridgehead atoms. The quantitative estimate of drug-likeness (QED) is 0.794. The van der Waals surface area contributed by atoms with Crippen LogP contribution >= 0.6 is 0 Å². The summed E-state index contributed by atoms with van der Waals surface area (Å²) in [4.78, 5) is 2.19. The molecule has 102 valence electrons. The average Bonchev–Trinajstić information content (AvgIpc) is 2.45. The van der Waals surface area contributed by atoms with Gasteiger partial charge in [-0.15, -0.1) is 0 Å². The van der Waals surface area contributed by atoms with Gasteiger partial charge in [0.15, 0.2) is 0 Å². The molecule has 0 amide bonds. The van der Waals surface area contributed by atoms with E-state index < -0.39 is 0 Å². The van der Waals surface area contributed by atoms with Gasteiger partial charge in [0.25, 0.3) is 0 Å². The molecule has 5 nitrogen and oxygen atoms in total. The second-order valence-corrected chi connectivity index (χ2v) is 4.67. The molecule has 1 aliphatic heterocycles. The predicted octanol–water partition coefficient (Wildman–Crippen LogP) is 1.12. The van der Waals surface area contributed by atoms with Crippen molar-refractivity contribution in [2.75, 3.05) is 36.9 Å². The van der Waals surface area contributed by atoms with Crippen LogP contribution in [0.15, 0.2) is 18.2 Å². The van der Waals surface area contributed by atoms with Crippen molar-refractivity contribution in [3.8, 4) is 6.07 Å². The molecule has 0 saturated carbocycles. The summed E-state index contributed by atoms with van der Waals surface area (Å²) in [6.45, 7) is 2.18. The van der Waals surface area contributed by atoms with Crippen LogP contribution in [-0.2, 0) is 4.74 Å². The average molecular weight is 261 g/mol. The Labute approximate surface area is 113 Å². The SMILES string of the molecule is N#Cc1cc(N)ccc1N1CCC(OCCO)CC1. The Bertz CT molecular complexity index is 462. The van der Waals surface area contributed by atoms with E-state index in [1.165, 1.54) is 0 Å². The second kappa shape index (κ2) is 6.41. The summed E-state index contributed by atoms with van der Waals surface area (Å²) in [5.41, 5.74) is 7.87. The van der Waals surface area contributed by atoms with Crippen LogP contribution in [0.2, 0.25) is 0 Å². The van der Waals surface area contributed by atoms with E-state index in [-0.39, 0.29) is 12.7 Å². The third-order valence-electron chi connectivity index (χ3n) is 3.37. The van der Waals surface area contributed by atoms with Gasteiger partial charge in [-0.25, -0.2) is 0 Å². The van der Waals surface area contributed by atoms with Crippen molar-refractivity contribution < 1.29 is 9.84 Å². The first-order chi connectivity index (χ1) is 9.24. The minimum Gasteiger partial charge on any atom is -0.399 e. The van der Waals surface area contributed by atoms with E-state index in [0.29, 0.717) is 17.9 Å². The molecule has 19 heavy (non-hydrogen) atoms. The van der Waals surface area contributed by atoms with E-state index in [0.717, 1.165) is 31.6 Å². The fraction of sp³-hybridized carbons (Fsp3) is 0.500. The Morgan fingerprint density at radius 3 is 2.79 bits per heavy atom. The van der Waals surface area contributed by atoms with Gasteiger partial charge in [0.05, 0.1) is 30.6 Å². The number of aliphatic hydroxyl groups excluding tert-OH is 1. The lowest BCUT2D eigenvalue weighted by atomic mass is 10.0. The van der Waals surface area contributed by atoms with Gasteiger partial charge >= 0.3 is 0 Å². The van der Waals surface area contributed by atoms with E-state index in [9.17, 15) is 0 Å². The molecule has 1 aromatic rings. The zero-order valence-corrected chi connectivity index (χ0v) is 10.9.